The van der Waals surface area contributed by atoms with Crippen LogP contribution in [0.1, 0.15) is 44.1 Å². The molecule has 1 fully saturated rings. The highest BCUT2D eigenvalue weighted by atomic mass is 14.7. The van der Waals surface area contributed by atoms with E-state index < -0.39 is 0 Å². The lowest BCUT2D eigenvalue weighted by molar-refractivity contribution is 0.369. The van der Waals surface area contributed by atoms with Crippen LogP contribution in [0.25, 0.3) is 0 Å². The predicted octanol–water partition coefficient (Wildman–Crippen LogP) is 2.68. The lowest BCUT2D eigenvalue weighted by Crippen LogP contribution is -2.41. The zero-order chi connectivity index (χ0) is 10.6. The van der Waals surface area contributed by atoms with Gasteiger partial charge in [0, 0.05) is 17.9 Å². The van der Waals surface area contributed by atoms with Crippen molar-refractivity contribution >= 4 is 0 Å². The summed E-state index contributed by atoms with van der Waals surface area (Å²) in [6.45, 7) is 0. The molecule has 1 aliphatic rings. The van der Waals surface area contributed by atoms with Gasteiger partial charge in [0.05, 0.1) is 0 Å². The Morgan fingerprint density at radius 2 is 1.67 bits per heavy atom. The molecule has 0 saturated heterocycles. The van der Waals surface area contributed by atoms with Gasteiger partial charge < -0.3 is 5.73 Å². The molecule has 1 heterocycles. The van der Waals surface area contributed by atoms with E-state index in [1.165, 1.54) is 44.1 Å². The van der Waals surface area contributed by atoms with Crippen molar-refractivity contribution < 1.29 is 0 Å². The molecule has 1 aromatic heterocycles. The minimum atomic E-state index is 0.0395. The molecular weight excluding hydrogens is 184 g/mol. The molecule has 2 heteroatoms. The molecule has 2 rings (SSSR count). The first kappa shape index (κ1) is 10.6. The number of hydrogen-bond donors (Lipinski definition) is 1. The van der Waals surface area contributed by atoms with E-state index in [4.69, 9.17) is 5.73 Å². The zero-order valence-electron chi connectivity index (χ0n) is 9.28. The van der Waals surface area contributed by atoms with Crippen LogP contribution in [-0.4, -0.2) is 10.5 Å². The monoisotopic (exact) mass is 204 g/mol. The third-order valence-electron chi connectivity index (χ3n) is 3.40. The molecule has 0 aliphatic heterocycles. The maximum Gasteiger partial charge on any atom is 0.0270 e. The van der Waals surface area contributed by atoms with Crippen molar-refractivity contribution in [1.82, 2.24) is 4.98 Å². The second-order valence-electron chi connectivity index (χ2n) is 4.81. The first-order valence-electron chi connectivity index (χ1n) is 5.96. The molecule has 0 bridgehead atoms. The van der Waals surface area contributed by atoms with Gasteiger partial charge in [0.2, 0.25) is 0 Å². The lowest BCUT2D eigenvalue weighted by Gasteiger charge is -2.28. The van der Waals surface area contributed by atoms with Gasteiger partial charge in [-0.3, -0.25) is 4.98 Å². The van der Waals surface area contributed by atoms with Gasteiger partial charge in [0.15, 0.2) is 0 Å². The number of hydrogen-bond acceptors (Lipinski definition) is 2. The summed E-state index contributed by atoms with van der Waals surface area (Å²) in [6, 6.07) is 4.17. The largest absolute Gasteiger partial charge is 0.325 e. The van der Waals surface area contributed by atoms with Crippen LogP contribution in [0.5, 0.6) is 0 Å². The number of nitrogens with two attached hydrogens (primary N) is 1. The Morgan fingerprint density at radius 3 is 2.27 bits per heavy atom. The number of rotatable bonds is 2. The molecule has 1 aliphatic carbocycles. The highest BCUT2D eigenvalue weighted by Gasteiger charge is 2.26. The van der Waals surface area contributed by atoms with Gasteiger partial charge in [-0.1, -0.05) is 25.7 Å². The van der Waals surface area contributed by atoms with Crippen LogP contribution in [-0.2, 0) is 6.42 Å². The van der Waals surface area contributed by atoms with Crippen molar-refractivity contribution in [2.24, 2.45) is 5.73 Å². The SMILES string of the molecule is NC1(Cc2ccncc2)CCCCCC1. The number of nitrogens with zero attached hydrogens (tertiary/aromatic N) is 1. The quantitative estimate of drug-likeness (QED) is 0.752. The fraction of sp³-hybridized carbons (Fsp3) is 0.615. The molecule has 1 aromatic rings. The molecule has 0 amide bonds. The maximum atomic E-state index is 6.47. The van der Waals surface area contributed by atoms with Gasteiger partial charge in [0.25, 0.3) is 0 Å². The number of pyridine rings is 1. The summed E-state index contributed by atoms with van der Waals surface area (Å²) in [6.07, 6.45) is 12.4. The van der Waals surface area contributed by atoms with Crippen molar-refractivity contribution in [2.45, 2.75) is 50.5 Å². The van der Waals surface area contributed by atoms with Crippen molar-refractivity contribution in [3.8, 4) is 0 Å². The third kappa shape index (κ3) is 3.03. The summed E-state index contributed by atoms with van der Waals surface area (Å²) in [5, 5.41) is 0. The summed E-state index contributed by atoms with van der Waals surface area (Å²) >= 11 is 0. The zero-order valence-corrected chi connectivity index (χ0v) is 9.28. The van der Waals surface area contributed by atoms with Gasteiger partial charge >= 0.3 is 0 Å². The highest BCUT2D eigenvalue weighted by Crippen LogP contribution is 2.27. The smallest absolute Gasteiger partial charge is 0.0270 e. The van der Waals surface area contributed by atoms with Crippen LogP contribution in [0.4, 0.5) is 0 Å². The summed E-state index contributed by atoms with van der Waals surface area (Å²) in [4.78, 5) is 4.04. The first-order chi connectivity index (χ1) is 7.29. The van der Waals surface area contributed by atoms with Crippen molar-refractivity contribution in [2.75, 3.05) is 0 Å². The van der Waals surface area contributed by atoms with E-state index in [-0.39, 0.29) is 5.54 Å². The summed E-state index contributed by atoms with van der Waals surface area (Å²) in [7, 11) is 0. The Labute approximate surface area is 91.9 Å². The van der Waals surface area contributed by atoms with E-state index in [0.717, 1.165) is 6.42 Å². The summed E-state index contributed by atoms with van der Waals surface area (Å²) < 4.78 is 0. The fourth-order valence-corrected chi connectivity index (χ4v) is 2.52. The first-order valence-corrected chi connectivity index (χ1v) is 5.96. The second-order valence-corrected chi connectivity index (χ2v) is 4.81. The molecule has 2 N–H and O–H groups in total. The molecule has 0 radical (unpaired) electrons. The van der Waals surface area contributed by atoms with Crippen molar-refractivity contribution in [3.05, 3.63) is 30.1 Å². The fourth-order valence-electron chi connectivity index (χ4n) is 2.52. The van der Waals surface area contributed by atoms with Crippen LogP contribution in [0.2, 0.25) is 0 Å². The second kappa shape index (κ2) is 4.75. The average Bonchev–Trinajstić information content (AvgIpc) is 2.45. The van der Waals surface area contributed by atoms with E-state index in [1.54, 1.807) is 0 Å². The average molecular weight is 204 g/mol. The van der Waals surface area contributed by atoms with E-state index in [2.05, 4.69) is 17.1 Å². The van der Waals surface area contributed by atoms with Crippen LogP contribution in [0.3, 0.4) is 0 Å². The molecule has 2 nitrogen and oxygen atoms in total. The molecule has 15 heavy (non-hydrogen) atoms. The lowest BCUT2D eigenvalue weighted by atomic mass is 9.85. The Morgan fingerprint density at radius 1 is 1.07 bits per heavy atom. The van der Waals surface area contributed by atoms with E-state index in [9.17, 15) is 0 Å². The molecule has 0 spiro atoms. The molecular formula is C13H20N2. The van der Waals surface area contributed by atoms with Gasteiger partial charge in [-0.15, -0.1) is 0 Å². The van der Waals surface area contributed by atoms with Crippen molar-refractivity contribution in [1.29, 1.82) is 0 Å². The Bertz CT molecular complexity index is 287. The molecule has 1 saturated carbocycles. The maximum absolute atomic E-state index is 6.47. The highest BCUT2D eigenvalue weighted by molar-refractivity contribution is 5.14. The number of aromatic nitrogens is 1. The van der Waals surface area contributed by atoms with Crippen LogP contribution >= 0.6 is 0 Å². The molecule has 82 valence electrons. The van der Waals surface area contributed by atoms with E-state index in [0.29, 0.717) is 0 Å². The van der Waals surface area contributed by atoms with Crippen LogP contribution in [0.15, 0.2) is 24.5 Å². The minimum Gasteiger partial charge on any atom is -0.325 e. The van der Waals surface area contributed by atoms with Gasteiger partial charge in [0.1, 0.15) is 0 Å². The van der Waals surface area contributed by atoms with Gasteiger partial charge in [-0.25, -0.2) is 0 Å². The molecule has 0 aromatic carbocycles. The summed E-state index contributed by atoms with van der Waals surface area (Å²) in [5.74, 6) is 0. The normalized spacial score (nSPS) is 20.9. The Hall–Kier alpha value is -0.890. The Kier molecular flexibility index (Phi) is 3.37. The third-order valence-corrected chi connectivity index (χ3v) is 3.40. The topological polar surface area (TPSA) is 38.9 Å². The van der Waals surface area contributed by atoms with Gasteiger partial charge in [-0.2, -0.15) is 0 Å². The van der Waals surface area contributed by atoms with E-state index >= 15 is 0 Å². The summed E-state index contributed by atoms with van der Waals surface area (Å²) in [5.41, 5.74) is 7.84. The molecule has 0 unspecified atom stereocenters. The van der Waals surface area contributed by atoms with E-state index in [1.807, 2.05) is 12.4 Å². The van der Waals surface area contributed by atoms with Crippen LogP contribution < -0.4 is 5.73 Å². The molecule has 0 atom stereocenters. The standard InChI is InChI=1S/C13H20N2/c14-13(7-3-1-2-4-8-13)11-12-5-9-15-10-6-12/h5-6,9-10H,1-4,7-8,11,14H2. The van der Waals surface area contributed by atoms with Crippen molar-refractivity contribution in [3.63, 3.8) is 0 Å². The Balaban J connectivity index is 2.02. The van der Waals surface area contributed by atoms with Gasteiger partial charge in [-0.05, 0) is 37.0 Å². The predicted molar refractivity (Wildman–Crippen MR) is 62.6 cm³/mol. The van der Waals surface area contributed by atoms with Crippen LogP contribution in [0, 0.1) is 0 Å². The minimum absolute atomic E-state index is 0.0395.